The zero-order valence-corrected chi connectivity index (χ0v) is 18.8. The summed E-state index contributed by atoms with van der Waals surface area (Å²) in [6.07, 6.45) is 10.9. The average molecular weight is 419 g/mol. The van der Waals surface area contributed by atoms with E-state index in [1.165, 1.54) is 31.3 Å². The summed E-state index contributed by atoms with van der Waals surface area (Å²) in [6.45, 7) is 8.60. The van der Waals surface area contributed by atoms with Crippen molar-refractivity contribution in [3.63, 3.8) is 0 Å². The first-order chi connectivity index (χ1) is 13.8. The fourth-order valence-corrected chi connectivity index (χ4v) is 10.2. The molecule has 0 spiro atoms. The number of nitrogens with zero attached hydrogens (tertiary/aromatic N) is 2. The maximum absolute atomic E-state index is 13.7. The molecule has 5 fully saturated rings. The molecule has 2 heterocycles. The Bertz CT molecular complexity index is 803. The van der Waals surface area contributed by atoms with Crippen molar-refractivity contribution >= 4 is 13.5 Å². The quantitative estimate of drug-likeness (QED) is 0.492. The lowest BCUT2D eigenvalue weighted by atomic mass is 9.47. The summed E-state index contributed by atoms with van der Waals surface area (Å²) in [5, 5.41) is 0. The van der Waals surface area contributed by atoms with Gasteiger partial charge in [0, 0.05) is 32.6 Å². The molecule has 0 aromatic rings. The van der Waals surface area contributed by atoms with Gasteiger partial charge in [0.2, 0.25) is 0 Å². The molecule has 6 heteroatoms. The van der Waals surface area contributed by atoms with Crippen LogP contribution in [0.3, 0.4) is 0 Å². The van der Waals surface area contributed by atoms with Gasteiger partial charge in [0.1, 0.15) is 0 Å². The molecule has 5 nitrogen and oxygen atoms in total. The minimum Gasteiger partial charge on any atom is -0.302 e. The van der Waals surface area contributed by atoms with Gasteiger partial charge in [-0.15, -0.1) is 0 Å². The number of hydrogen-bond donors (Lipinski definition) is 0. The Hall–Kier alpha value is -0.480. The van der Waals surface area contributed by atoms with E-state index in [1.807, 2.05) is 6.08 Å². The van der Waals surface area contributed by atoms with Gasteiger partial charge >= 0.3 is 7.67 Å². The third-order valence-electron chi connectivity index (χ3n) is 9.70. The highest BCUT2D eigenvalue weighted by atomic mass is 31.2. The van der Waals surface area contributed by atoms with Crippen LogP contribution in [0.4, 0.5) is 0 Å². The van der Waals surface area contributed by atoms with Crippen molar-refractivity contribution in [2.45, 2.75) is 71.3 Å². The van der Waals surface area contributed by atoms with Crippen LogP contribution < -0.4 is 0 Å². The molecule has 0 aromatic carbocycles. The van der Waals surface area contributed by atoms with Crippen molar-refractivity contribution in [2.75, 3.05) is 26.2 Å². The highest BCUT2D eigenvalue weighted by molar-refractivity contribution is 7.54. The minimum atomic E-state index is -2.76. The number of rotatable bonds is 4. The van der Waals surface area contributed by atoms with Gasteiger partial charge in [-0.05, 0) is 79.6 Å². The van der Waals surface area contributed by atoms with E-state index < -0.39 is 7.67 Å². The van der Waals surface area contributed by atoms with E-state index in [4.69, 9.17) is 4.52 Å². The highest BCUT2D eigenvalue weighted by Crippen LogP contribution is 2.69. The highest BCUT2D eigenvalue weighted by Gasteiger charge is 2.61. The van der Waals surface area contributed by atoms with Gasteiger partial charge in [-0.2, -0.15) is 0 Å². The van der Waals surface area contributed by atoms with Crippen LogP contribution in [0.1, 0.15) is 65.2 Å². The lowest BCUT2D eigenvalue weighted by Gasteiger charge is -2.58. The Morgan fingerprint density at radius 2 is 1.69 bits per heavy atom. The SMILES string of the molecule is C[C@]12CC[C@@H]3[C@H](CCC4=CC(=O)CC[C@@]43C)[C@@H]1CC[C@@H]2OP(=O)(N1CC1)N1CC1. The number of carbonyl (C=O) groups excluding carboxylic acids is 1. The van der Waals surface area contributed by atoms with Crippen molar-refractivity contribution in [3.05, 3.63) is 11.6 Å². The van der Waals surface area contributed by atoms with Crippen LogP contribution in [0, 0.1) is 28.6 Å². The fraction of sp³-hybridized carbons (Fsp3) is 0.870. The van der Waals surface area contributed by atoms with Crippen molar-refractivity contribution in [1.29, 1.82) is 0 Å². The van der Waals surface area contributed by atoms with Gasteiger partial charge < -0.3 is 4.52 Å². The number of carbonyl (C=O) groups is 1. The Balaban J connectivity index is 1.26. The Labute approximate surface area is 174 Å². The summed E-state index contributed by atoms with van der Waals surface area (Å²) in [5.41, 5.74) is 1.83. The van der Waals surface area contributed by atoms with Crippen LogP contribution in [0.2, 0.25) is 0 Å². The van der Waals surface area contributed by atoms with Crippen molar-refractivity contribution in [1.82, 2.24) is 9.34 Å². The van der Waals surface area contributed by atoms with E-state index in [1.54, 1.807) is 0 Å². The van der Waals surface area contributed by atoms with E-state index in [9.17, 15) is 9.36 Å². The summed E-state index contributed by atoms with van der Waals surface area (Å²) in [7, 11) is -2.76. The molecule has 0 N–H and O–H groups in total. The van der Waals surface area contributed by atoms with Crippen LogP contribution in [0.15, 0.2) is 11.6 Å². The molecule has 6 rings (SSSR count). The molecular formula is C23H35N2O3P. The predicted molar refractivity (Wildman–Crippen MR) is 112 cm³/mol. The van der Waals surface area contributed by atoms with Crippen molar-refractivity contribution in [3.8, 4) is 0 Å². The molecule has 0 aromatic heterocycles. The molecule has 4 aliphatic carbocycles. The van der Waals surface area contributed by atoms with Crippen molar-refractivity contribution < 1.29 is 13.9 Å². The van der Waals surface area contributed by atoms with Gasteiger partial charge in [-0.3, -0.25) is 9.36 Å². The normalized spacial score (nSPS) is 47.2. The van der Waals surface area contributed by atoms with Crippen LogP contribution in [0.5, 0.6) is 0 Å². The summed E-state index contributed by atoms with van der Waals surface area (Å²) >= 11 is 0. The number of hydrogen-bond acceptors (Lipinski definition) is 3. The first kappa shape index (κ1) is 19.2. The molecule has 160 valence electrons. The van der Waals surface area contributed by atoms with E-state index in [0.717, 1.165) is 57.8 Å². The maximum atomic E-state index is 13.7. The largest absolute Gasteiger partial charge is 0.346 e. The molecule has 6 atom stereocenters. The molecular weight excluding hydrogens is 383 g/mol. The molecule has 29 heavy (non-hydrogen) atoms. The predicted octanol–water partition coefficient (Wildman–Crippen LogP) is 4.64. The monoisotopic (exact) mass is 418 g/mol. The lowest BCUT2D eigenvalue weighted by molar-refractivity contribution is -0.117. The first-order valence-electron chi connectivity index (χ1n) is 11.9. The number of allylic oxidation sites excluding steroid dienone is 1. The van der Waals surface area contributed by atoms with Crippen LogP contribution >= 0.6 is 7.67 Å². The topological polar surface area (TPSA) is 49.4 Å². The van der Waals surface area contributed by atoms with Gasteiger partial charge in [0.05, 0.1) is 6.10 Å². The third-order valence-corrected chi connectivity index (χ3v) is 12.5. The van der Waals surface area contributed by atoms with Gasteiger partial charge in [-0.1, -0.05) is 19.4 Å². The zero-order valence-electron chi connectivity index (χ0n) is 17.9. The minimum absolute atomic E-state index is 0.137. The molecule has 0 unspecified atom stereocenters. The smallest absolute Gasteiger partial charge is 0.302 e. The van der Waals surface area contributed by atoms with Crippen LogP contribution in [-0.4, -0.2) is 47.4 Å². The zero-order chi connectivity index (χ0) is 20.0. The summed E-state index contributed by atoms with van der Waals surface area (Å²) in [6, 6.07) is 0. The number of ketones is 1. The van der Waals surface area contributed by atoms with Gasteiger partial charge in [-0.25, -0.2) is 9.34 Å². The van der Waals surface area contributed by atoms with E-state index in [-0.39, 0.29) is 16.9 Å². The van der Waals surface area contributed by atoms with E-state index >= 15 is 0 Å². The molecule has 2 aliphatic heterocycles. The fourth-order valence-electron chi connectivity index (χ4n) is 7.76. The van der Waals surface area contributed by atoms with Gasteiger partial charge in [0.25, 0.3) is 0 Å². The maximum Gasteiger partial charge on any atom is 0.346 e. The molecule has 6 aliphatic rings. The van der Waals surface area contributed by atoms with E-state index in [0.29, 0.717) is 17.6 Å². The molecule has 0 radical (unpaired) electrons. The van der Waals surface area contributed by atoms with E-state index in [2.05, 4.69) is 23.2 Å². The van der Waals surface area contributed by atoms with Crippen LogP contribution in [0.25, 0.3) is 0 Å². The number of fused-ring (bicyclic) bond motifs is 5. The molecule has 0 bridgehead atoms. The second-order valence-corrected chi connectivity index (χ2v) is 13.4. The second-order valence-electron chi connectivity index (χ2n) is 11.1. The standard InChI is InChI=1S/C23H35N2O3P/c1-22-9-7-17(26)15-16(22)3-4-18-19-5-6-21(23(19,2)10-8-20(18)22)28-29(27,24-11-12-24)25-13-14-25/h15,18-21H,3-14H2,1-2H3/t18-,19+,20-,21+,22+,23+/m1/s1. The average Bonchev–Trinajstić information content (AvgIpc) is 3.59. The third kappa shape index (κ3) is 2.76. The Morgan fingerprint density at radius 3 is 2.38 bits per heavy atom. The first-order valence-corrected chi connectivity index (χ1v) is 13.4. The van der Waals surface area contributed by atoms with Crippen molar-refractivity contribution in [2.24, 2.45) is 28.6 Å². The summed E-state index contributed by atoms with van der Waals surface area (Å²) in [5.74, 6) is 2.46. The van der Waals surface area contributed by atoms with Gasteiger partial charge in [0.15, 0.2) is 5.78 Å². The molecule has 3 saturated carbocycles. The Morgan fingerprint density at radius 1 is 0.966 bits per heavy atom. The van der Waals surface area contributed by atoms with Crippen LogP contribution in [-0.2, 0) is 13.9 Å². The lowest BCUT2D eigenvalue weighted by Crippen LogP contribution is -2.51. The summed E-state index contributed by atoms with van der Waals surface area (Å²) in [4.78, 5) is 12.0. The Kier molecular flexibility index (Phi) is 4.16. The molecule has 2 saturated heterocycles. The summed E-state index contributed by atoms with van der Waals surface area (Å²) < 4.78 is 24.4. The second kappa shape index (κ2) is 6.28. The molecule has 0 amide bonds.